The lowest BCUT2D eigenvalue weighted by molar-refractivity contribution is -0.133. The third-order valence-electron chi connectivity index (χ3n) is 4.97. The SMILES string of the molecule is CCN(C)C(=O)C(C)(c1nc2cnc3ccccc3c2[nH]1)c1cccs1. The van der Waals surface area contributed by atoms with Crippen LogP contribution in [0, 0.1) is 0 Å². The van der Waals surface area contributed by atoms with Crippen molar-refractivity contribution in [3.63, 3.8) is 0 Å². The Kier molecular flexibility index (Phi) is 4.00. The van der Waals surface area contributed by atoms with E-state index in [1.807, 2.05) is 62.7 Å². The summed E-state index contributed by atoms with van der Waals surface area (Å²) in [6, 6.07) is 11.9. The highest BCUT2D eigenvalue weighted by Crippen LogP contribution is 2.36. The number of H-pyrrole nitrogens is 1. The lowest BCUT2D eigenvalue weighted by Gasteiger charge is -2.29. The molecule has 1 aromatic carbocycles. The Balaban J connectivity index is 1.97. The fourth-order valence-corrected chi connectivity index (χ4v) is 4.14. The van der Waals surface area contributed by atoms with Crippen molar-refractivity contribution < 1.29 is 4.79 Å². The van der Waals surface area contributed by atoms with Gasteiger partial charge in [0.05, 0.1) is 17.2 Å². The number of amides is 1. The molecule has 1 unspecified atom stereocenters. The van der Waals surface area contributed by atoms with Crippen molar-refractivity contribution in [2.45, 2.75) is 19.3 Å². The number of hydrogen-bond donors (Lipinski definition) is 1. The first-order valence-electron chi connectivity index (χ1n) is 8.59. The smallest absolute Gasteiger partial charge is 0.241 e. The van der Waals surface area contributed by atoms with Crippen LogP contribution in [-0.2, 0) is 10.2 Å². The second-order valence-electron chi connectivity index (χ2n) is 6.54. The molecule has 0 fully saturated rings. The number of carbonyl (C=O) groups is 1. The molecule has 1 amide bonds. The molecule has 0 saturated heterocycles. The van der Waals surface area contributed by atoms with E-state index < -0.39 is 5.41 Å². The molecule has 0 saturated carbocycles. The van der Waals surface area contributed by atoms with Crippen LogP contribution in [0.25, 0.3) is 21.9 Å². The largest absolute Gasteiger partial charge is 0.345 e. The maximum absolute atomic E-state index is 13.3. The first-order valence-corrected chi connectivity index (χ1v) is 9.47. The van der Waals surface area contributed by atoms with Crippen LogP contribution in [-0.4, -0.2) is 39.4 Å². The molecule has 0 aliphatic heterocycles. The van der Waals surface area contributed by atoms with Gasteiger partial charge in [-0.1, -0.05) is 24.3 Å². The van der Waals surface area contributed by atoms with Crippen LogP contribution < -0.4 is 0 Å². The zero-order valence-corrected chi connectivity index (χ0v) is 15.8. The Bertz CT molecular complexity index is 1090. The molecule has 0 aliphatic carbocycles. The molecule has 0 bridgehead atoms. The standard InChI is InChI=1S/C20H20N4OS/c1-4-24(3)19(25)20(2,16-10-7-11-26-16)18-22-15-12-21-14-9-6-5-8-13(14)17(15)23-18/h5-12H,4H2,1-3H3,(H,22,23). The van der Waals surface area contributed by atoms with Gasteiger partial charge in [-0.3, -0.25) is 9.78 Å². The number of aromatic nitrogens is 3. The normalized spacial score (nSPS) is 13.8. The molecule has 26 heavy (non-hydrogen) atoms. The predicted octanol–water partition coefficient (Wildman–Crippen LogP) is 3.96. The number of carbonyl (C=O) groups excluding carboxylic acids is 1. The number of fused-ring (bicyclic) bond motifs is 3. The van der Waals surface area contributed by atoms with Crippen LogP contribution in [0.5, 0.6) is 0 Å². The van der Waals surface area contributed by atoms with Crippen LogP contribution in [0.15, 0.2) is 48.0 Å². The van der Waals surface area contributed by atoms with Gasteiger partial charge in [0.2, 0.25) is 5.91 Å². The molecule has 6 heteroatoms. The van der Waals surface area contributed by atoms with Crippen LogP contribution >= 0.6 is 11.3 Å². The van der Waals surface area contributed by atoms with Crippen LogP contribution in [0.2, 0.25) is 0 Å². The number of nitrogens with zero attached hydrogens (tertiary/aromatic N) is 3. The van der Waals surface area contributed by atoms with E-state index in [1.165, 1.54) is 0 Å². The fraction of sp³-hybridized carbons (Fsp3) is 0.250. The lowest BCUT2D eigenvalue weighted by atomic mass is 9.86. The van der Waals surface area contributed by atoms with Gasteiger partial charge in [0.1, 0.15) is 16.8 Å². The topological polar surface area (TPSA) is 61.9 Å². The monoisotopic (exact) mass is 364 g/mol. The molecule has 4 aromatic rings. The first kappa shape index (κ1) is 16.7. The Morgan fingerprint density at radius 3 is 2.77 bits per heavy atom. The molecule has 132 valence electrons. The van der Waals surface area contributed by atoms with E-state index in [4.69, 9.17) is 4.98 Å². The van der Waals surface area contributed by atoms with Crippen molar-refractivity contribution >= 4 is 39.2 Å². The highest BCUT2D eigenvalue weighted by molar-refractivity contribution is 7.10. The number of nitrogens with one attached hydrogen (secondary N) is 1. The van der Waals surface area contributed by atoms with E-state index in [-0.39, 0.29) is 5.91 Å². The maximum atomic E-state index is 13.3. The summed E-state index contributed by atoms with van der Waals surface area (Å²) in [5.74, 6) is 0.678. The van der Waals surface area contributed by atoms with Gasteiger partial charge in [0.25, 0.3) is 0 Å². The minimum atomic E-state index is -0.862. The second-order valence-corrected chi connectivity index (χ2v) is 7.49. The molecule has 0 spiro atoms. The van der Waals surface area contributed by atoms with E-state index in [0.29, 0.717) is 12.4 Å². The van der Waals surface area contributed by atoms with E-state index in [2.05, 4.69) is 9.97 Å². The second kappa shape index (κ2) is 6.21. The quantitative estimate of drug-likeness (QED) is 0.596. The Hall–Kier alpha value is -2.73. The maximum Gasteiger partial charge on any atom is 0.241 e. The zero-order valence-electron chi connectivity index (χ0n) is 15.0. The summed E-state index contributed by atoms with van der Waals surface area (Å²) < 4.78 is 0. The molecule has 3 heterocycles. The Morgan fingerprint density at radius 1 is 1.23 bits per heavy atom. The average molecular weight is 364 g/mol. The highest BCUT2D eigenvalue weighted by Gasteiger charge is 2.42. The van der Waals surface area contributed by atoms with Crippen molar-refractivity contribution in [2.24, 2.45) is 0 Å². The highest BCUT2D eigenvalue weighted by atomic mass is 32.1. The van der Waals surface area contributed by atoms with Crippen molar-refractivity contribution in [1.29, 1.82) is 0 Å². The number of pyridine rings is 1. The zero-order chi connectivity index (χ0) is 18.3. The summed E-state index contributed by atoms with van der Waals surface area (Å²) in [7, 11) is 1.83. The van der Waals surface area contributed by atoms with Crippen molar-refractivity contribution in [1.82, 2.24) is 19.9 Å². The minimum absolute atomic E-state index is 0.0266. The average Bonchev–Trinajstić information content (AvgIpc) is 3.36. The van der Waals surface area contributed by atoms with Gasteiger partial charge in [0, 0.05) is 23.9 Å². The number of likely N-dealkylation sites (N-methyl/N-ethyl adjacent to an activating group) is 1. The third kappa shape index (κ3) is 2.41. The summed E-state index contributed by atoms with van der Waals surface area (Å²) in [6.07, 6.45) is 1.76. The number of benzene rings is 1. The third-order valence-corrected chi connectivity index (χ3v) is 6.06. The molecule has 1 atom stereocenters. The van der Waals surface area contributed by atoms with Crippen molar-refractivity contribution in [3.8, 4) is 0 Å². The van der Waals surface area contributed by atoms with Crippen LogP contribution in [0.1, 0.15) is 24.5 Å². The number of imidazole rings is 1. The number of rotatable bonds is 4. The molecule has 1 N–H and O–H groups in total. The van der Waals surface area contributed by atoms with Crippen LogP contribution in [0.4, 0.5) is 0 Å². The molecule has 0 aliphatic rings. The Morgan fingerprint density at radius 2 is 2.04 bits per heavy atom. The van der Waals surface area contributed by atoms with E-state index in [1.54, 1.807) is 22.4 Å². The van der Waals surface area contributed by atoms with Gasteiger partial charge in [0.15, 0.2) is 0 Å². The van der Waals surface area contributed by atoms with E-state index in [0.717, 1.165) is 26.8 Å². The van der Waals surface area contributed by atoms with Gasteiger partial charge in [-0.05, 0) is 31.4 Å². The summed E-state index contributed by atoms with van der Waals surface area (Å²) in [6.45, 7) is 4.56. The van der Waals surface area contributed by atoms with Crippen molar-refractivity contribution in [3.05, 3.63) is 58.7 Å². The van der Waals surface area contributed by atoms with E-state index >= 15 is 0 Å². The minimum Gasteiger partial charge on any atom is -0.345 e. The molecule has 4 rings (SSSR count). The number of hydrogen-bond acceptors (Lipinski definition) is 4. The van der Waals surface area contributed by atoms with Crippen LogP contribution in [0.3, 0.4) is 0 Å². The molecular formula is C20H20N4OS. The summed E-state index contributed by atoms with van der Waals surface area (Å²) in [5, 5.41) is 3.00. The summed E-state index contributed by atoms with van der Waals surface area (Å²) in [5.41, 5.74) is 1.73. The van der Waals surface area contributed by atoms with Gasteiger partial charge in [-0.2, -0.15) is 0 Å². The summed E-state index contributed by atoms with van der Waals surface area (Å²) in [4.78, 5) is 28.7. The molecular weight excluding hydrogens is 344 g/mol. The molecule has 5 nitrogen and oxygen atoms in total. The van der Waals surface area contributed by atoms with Gasteiger partial charge >= 0.3 is 0 Å². The molecule has 0 radical (unpaired) electrons. The van der Waals surface area contributed by atoms with Gasteiger partial charge in [-0.15, -0.1) is 11.3 Å². The molecule has 3 aromatic heterocycles. The lowest BCUT2D eigenvalue weighted by Crippen LogP contribution is -2.44. The first-order chi connectivity index (χ1) is 12.6. The number of thiophene rings is 1. The fourth-order valence-electron chi connectivity index (χ4n) is 3.26. The number of para-hydroxylation sites is 1. The number of aromatic amines is 1. The van der Waals surface area contributed by atoms with Crippen molar-refractivity contribution in [2.75, 3.05) is 13.6 Å². The van der Waals surface area contributed by atoms with Gasteiger partial charge in [-0.25, -0.2) is 4.98 Å². The predicted molar refractivity (Wildman–Crippen MR) is 105 cm³/mol. The van der Waals surface area contributed by atoms with Gasteiger partial charge < -0.3 is 9.88 Å². The van der Waals surface area contributed by atoms with E-state index in [9.17, 15) is 4.79 Å². The Labute approximate surface area is 155 Å². The summed E-state index contributed by atoms with van der Waals surface area (Å²) >= 11 is 1.57.